The van der Waals surface area contributed by atoms with Gasteiger partial charge in [0.15, 0.2) is 0 Å². The molecule has 1 aromatic carbocycles. The molecule has 0 bridgehead atoms. The fourth-order valence-electron chi connectivity index (χ4n) is 1.35. The Bertz CT molecular complexity index is 447. The molecule has 6 heteroatoms. The molecule has 2 atom stereocenters. The van der Waals surface area contributed by atoms with E-state index in [-0.39, 0.29) is 12.4 Å². The van der Waals surface area contributed by atoms with Crippen molar-refractivity contribution in [3.63, 3.8) is 0 Å². The molecule has 0 aromatic heterocycles. The first-order valence-electron chi connectivity index (χ1n) is 6.46. The molecule has 0 aliphatic carbocycles. The summed E-state index contributed by atoms with van der Waals surface area (Å²) in [6.45, 7) is 1.50. The Morgan fingerprint density at radius 1 is 1.33 bits per heavy atom. The Hall–Kier alpha value is -2.21. The number of methoxy groups -OCH3 is 1. The summed E-state index contributed by atoms with van der Waals surface area (Å²) in [5.74, 6) is -1.83. The third-order valence-corrected chi connectivity index (χ3v) is 2.67. The van der Waals surface area contributed by atoms with Crippen molar-refractivity contribution in [3.8, 4) is 0 Å². The van der Waals surface area contributed by atoms with Gasteiger partial charge in [-0.1, -0.05) is 37.3 Å². The first-order chi connectivity index (χ1) is 9.92. The lowest BCUT2D eigenvalue weighted by molar-refractivity contribution is -0.142. The number of aldehydes is 1. The van der Waals surface area contributed by atoms with Gasteiger partial charge in [0.2, 0.25) is 0 Å². The number of carboxylic acid groups (broad SMARTS) is 1. The highest BCUT2D eigenvalue weighted by atomic mass is 16.5. The maximum Gasteiger partial charge on any atom is 0.322 e. The van der Waals surface area contributed by atoms with Gasteiger partial charge in [-0.3, -0.25) is 9.59 Å². The van der Waals surface area contributed by atoms with E-state index in [2.05, 4.69) is 4.74 Å². The fraction of sp³-hybridized carbons (Fsp3) is 0.400. The highest BCUT2D eigenvalue weighted by Gasteiger charge is 2.13. The van der Waals surface area contributed by atoms with Crippen LogP contribution in [0.1, 0.15) is 18.9 Å². The van der Waals surface area contributed by atoms with Crippen molar-refractivity contribution in [2.24, 2.45) is 11.7 Å². The van der Waals surface area contributed by atoms with Crippen molar-refractivity contribution in [1.29, 1.82) is 0 Å². The summed E-state index contributed by atoms with van der Waals surface area (Å²) < 4.78 is 4.52. The summed E-state index contributed by atoms with van der Waals surface area (Å²) in [6.07, 6.45) is 1.24. The molecule has 1 rings (SSSR count). The molecule has 0 aliphatic rings. The minimum Gasteiger partial charge on any atom is -0.481 e. The van der Waals surface area contributed by atoms with Gasteiger partial charge in [-0.2, -0.15) is 0 Å². The first-order valence-corrected chi connectivity index (χ1v) is 6.46. The summed E-state index contributed by atoms with van der Waals surface area (Å²) in [5.41, 5.74) is 6.63. The molecule has 0 radical (unpaired) electrons. The van der Waals surface area contributed by atoms with Crippen molar-refractivity contribution in [1.82, 2.24) is 0 Å². The molecule has 0 aliphatic heterocycles. The second kappa shape index (κ2) is 10.6. The van der Waals surface area contributed by atoms with Crippen LogP contribution in [0, 0.1) is 5.92 Å². The van der Waals surface area contributed by atoms with Gasteiger partial charge >= 0.3 is 11.9 Å². The fourth-order valence-corrected chi connectivity index (χ4v) is 1.35. The van der Waals surface area contributed by atoms with Crippen molar-refractivity contribution in [2.45, 2.75) is 25.8 Å². The van der Waals surface area contributed by atoms with E-state index >= 15 is 0 Å². The van der Waals surface area contributed by atoms with E-state index in [1.54, 1.807) is 0 Å². The van der Waals surface area contributed by atoms with Crippen LogP contribution in [0.2, 0.25) is 0 Å². The SMILES string of the molecule is COC(=O)[C@H](N)Cc1ccccc1.C[C@@H](CC=O)C(=O)O. The van der Waals surface area contributed by atoms with Crippen LogP contribution in [-0.2, 0) is 25.5 Å². The minimum atomic E-state index is -0.919. The zero-order chi connectivity index (χ0) is 16.3. The lowest BCUT2D eigenvalue weighted by Gasteiger charge is -2.08. The summed E-state index contributed by atoms with van der Waals surface area (Å²) in [7, 11) is 1.34. The second-order valence-electron chi connectivity index (χ2n) is 4.46. The monoisotopic (exact) mass is 295 g/mol. The number of hydrogen-bond donors (Lipinski definition) is 2. The van der Waals surface area contributed by atoms with E-state index in [4.69, 9.17) is 10.8 Å². The molecule has 116 valence electrons. The number of aliphatic carboxylic acids is 1. The molecular weight excluding hydrogens is 274 g/mol. The topological polar surface area (TPSA) is 107 Å². The van der Waals surface area contributed by atoms with Crippen molar-refractivity contribution >= 4 is 18.2 Å². The summed E-state index contributed by atoms with van der Waals surface area (Å²) >= 11 is 0. The largest absolute Gasteiger partial charge is 0.481 e. The molecule has 0 saturated heterocycles. The normalized spacial score (nSPS) is 12.3. The zero-order valence-electron chi connectivity index (χ0n) is 12.2. The van der Waals surface area contributed by atoms with E-state index < -0.39 is 17.9 Å². The number of carbonyl (C=O) groups is 3. The number of esters is 1. The van der Waals surface area contributed by atoms with Gasteiger partial charge in [-0.05, 0) is 12.0 Å². The van der Waals surface area contributed by atoms with Crippen LogP contribution in [0.3, 0.4) is 0 Å². The molecule has 3 N–H and O–H groups in total. The molecule has 0 saturated carbocycles. The predicted molar refractivity (Wildman–Crippen MR) is 77.6 cm³/mol. The number of ether oxygens (including phenoxy) is 1. The molecule has 0 amide bonds. The van der Waals surface area contributed by atoms with E-state index in [0.29, 0.717) is 12.7 Å². The maximum atomic E-state index is 11.0. The van der Waals surface area contributed by atoms with Crippen LogP contribution >= 0.6 is 0 Å². The Morgan fingerprint density at radius 2 is 1.90 bits per heavy atom. The summed E-state index contributed by atoms with van der Waals surface area (Å²) in [4.78, 5) is 30.6. The third-order valence-electron chi connectivity index (χ3n) is 2.67. The van der Waals surface area contributed by atoms with Crippen LogP contribution < -0.4 is 5.73 Å². The van der Waals surface area contributed by atoms with Crippen LogP contribution in [0.4, 0.5) is 0 Å². The van der Waals surface area contributed by atoms with E-state index in [1.165, 1.54) is 14.0 Å². The molecule has 0 unspecified atom stereocenters. The average Bonchev–Trinajstić information content (AvgIpc) is 2.48. The molecule has 0 heterocycles. The number of carboxylic acids is 1. The molecule has 0 spiro atoms. The van der Waals surface area contributed by atoms with Crippen LogP contribution in [0.5, 0.6) is 0 Å². The Morgan fingerprint density at radius 3 is 2.29 bits per heavy atom. The van der Waals surface area contributed by atoms with Crippen molar-refractivity contribution in [3.05, 3.63) is 35.9 Å². The van der Waals surface area contributed by atoms with E-state index in [1.807, 2.05) is 30.3 Å². The highest BCUT2D eigenvalue weighted by molar-refractivity contribution is 5.75. The van der Waals surface area contributed by atoms with Crippen LogP contribution in [-0.4, -0.2) is 36.5 Å². The minimum absolute atomic E-state index is 0.106. The number of hydrogen-bond acceptors (Lipinski definition) is 5. The van der Waals surface area contributed by atoms with Crippen molar-refractivity contribution < 1.29 is 24.2 Å². The lowest BCUT2D eigenvalue weighted by Crippen LogP contribution is -2.33. The van der Waals surface area contributed by atoms with Crippen LogP contribution in [0.25, 0.3) is 0 Å². The van der Waals surface area contributed by atoms with Gasteiger partial charge in [0.25, 0.3) is 0 Å². The summed E-state index contributed by atoms with van der Waals surface area (Å²) in [5, 5.41) is 8.15. The van der Waals surface area contributed by atoms with Crippen molar-refractivity contribution in [2.75, 3.05) is 7.11 Å². The number of carbonyl (C=O) groups excluding carboxylic acids is 2. The van der Waals surface area contributed by atoms with Gasteiger partial charge in [-0.25, -0.2) is 0 Å². The standard InChI is InChI=1S/C10H13NO2.C5H8O3/c1-13-10(12)9(11)7-8-5-3-2-4-6-8;1-4(2-3-6)5(7)8/h2-6,9H,7,11H2,1H3;3-4H,2H2,1H3,(H,7,8)/t9-;4-/m10/s1. The number of rotatable bonds is 6. The van der Waals surface area contributed by atoms with Gasteiger partial charge in [0.1, 0.15) is 12.3 Å². The highest BCUT2D eigenvalue weighted by Crippen LogP contribution is 2.02. The quantitative estimate of drug-likeness (QED) is 0.599. The second-order valence-corrected chi connectivity index (χ2v) is 4.46. The lowest BCUT2D eigenvalue weighted by atomic mass is 10.1. The van der Waals surface area contributed by atoms with Gasteiger partial charge in [-0.15, -0.1) is 0 Å². The average molecular weight is 295 g/mol. The molecule has 21 heavy (non-hydrogen) atoms. The smallest absolute Gasteiger partial charge is 0.322 e. The summed E-state index contributed by atoms with van der Waals surface area (Å²) in [6, 6.07) is 9.06. The Balaban J connectivity index is 0.000000433. The molecule has 1 aromatic rings. The predicted octanol–water partition coefficient (Wildman–Crippen LogP) is 1.03. The van der Waals surface area contributed by atoms with E-state index in [9.17, 15) is 14.4 Å². The molecule has 0 fully saturated rings. The molecular formula is C15H21NO5. The zero-order valence-corrected chi connectivity index (χ0v) is 12.2. The Kier molecular flexibility index (Phi) is 9.45. The maximum absolute atomic E-state index is 11.0. The third kappa shape index (κ3) is 8.54. The Labute approximate surface area is 123 Å². The van der Waals surface area contributed by atoms with Gasteiger partial charge in [0.05, 0.1) is 13.0 Å². The van der Waals surface area contributed by atoms with Gasteiger partial charge in [0, 0.05) is 6.42 Å². The molecule has 6 nitrogen and oxygen atoms in total. The van der Waals surface area contributed by atoms with Gasteiger partial charge < -0.3 is 20.4 Å². The van der Waals surface area contributed by atoms with E-state index in [0.717, 1.165) is 5.56 Å². The number of benzene rings is 1. The van der Waals surface area contributed by atoms with Crippen LogP contribution in [0.15, 0.2) is 30.3 Å². The first kappa shape index (κ1) is 18.8. The number of nitrogens with two attached hydrogens (primary N) is 1.